The summed E-state index contributed by atoms with van der Waals surface area (Å²) in [6.45, 7) is 7.41. The summed E-state index contributed by atoms with van der Waals surface area (Å²) < 4.78 is 0. The molecule has 6 nitrogen and oxygen atoms in total. The lowest BCUT2D eigenvalue weighted by Crippen LogP contribution is -2.50. The van der Waals surface area contributed by atoms with E-state index in [1.54, 1.807) is 13.8 Å². The lowest BCUT2D eigenvalue weighted by atomic mass is 10.0. The molecule has 0 aromatic carbocycles. The van der Waals surface area contributed by atoms with Gasteiger partial charge >= 0.3 is 5.97 Å². The Hall–Kier alpha value is -1.43. The third-order valence-corrected chi connectivity index (χ3v) is 3.80. The summed E-state index contributed by atoms with van der Waals surface area (Å²) in [5.74, 6) is -1.66. The number of hydrogen-bond acceptors (Lipinski definition) is 4. The molecule has 2 amide bonds. The Morgan fingerprint density at radius 2 is 1.90 bits per heavy atom. The van der Waals surface area contributed by atoms with E-state index < -0.39 is 18.1 Å². The molecule has 2 N–H and O–H groups in total. The highest BCUT2D eigenvalue weighted by atomic mass is 16.4. The molecule has 0 aromatic heterocycles. The van der Waals surface area contributed by atoms with Crippen LogP contribution in [0.4, 0.5) is 0 Å². The molecular weight excluding hydrogens is 260 g/mol. The molecule has 0 aromatic rings. The van der Waals surface area contributed by atoms with E-state index in [4.69, 9.17) is 5.11 Å². The average Bonchev–Trinajstić information content (AvgIpc) is 2.64. The van der Waals surface area contributed by atoms with Crippen molar-refractivity contribution in [2.24, 2.45) is 5.92 Å². The van der Waals surface area contributed by atoms with Gasteiger partial charge in [0.2, 0.25) is 11.8 Å². The Bertz CT molecular complexity index is 391. The summed E-state index contributed by atoms with van der Waals surface area (Å²) in [4.78, 5) is 36.8. The number of carbonyl (C=O) groups excluding carboxylic acids is 2. The lowest BCUT2D eigenvalue weighted by molar-refractivity contribution is -0.142. The fraction of sp³-hybridized carbons (Fsp3) is 0.786. The third kappa shape index (κ3) is 3.36. The van der Waals surface area contributed by atoms with Crippen LogP contribution >= 0.6 is 0 Å². The van der Waals surface area contributed by atoms with Crippen LogP contribution < -0.4 is 5.32 Å². The van der Waals surface area contributed by atoms with Gasteiger partial charge < -0.3 is 5.11 Å². The summed E-state index contributed by atoms with van der Waals surface area (Å²) in [5, 5.41) is 12.0. The van der Waals surface area contributed by atoms with E-state index in [9.17, 15) is 14.4 Å². The monoisotopic (exact) mass is 284 g/mol. The van der Waals surface area contributed by atoms with Crippen molar-refractivity contribution in [3.05, 3.63) is 0 Å². The first-order valence-electron chi connectivity index (χ1n) is 7.18. The normalized spacial score (nSPS) is 21.1. The summed E-state index contributed by atoms with van der Waals surface area (Å²) in [6.07, 6.45) is 1.48. The topological polar surface area (TPSA) is 86.7 Å². The second kappa shape index (κ2) is 6.83. The van der Waals surface area contributed by atoms with Crippen LogP contribution in [0.1, 0.15) is 47.0 Å². The van der Waals surface area contributed by atoms with Crippen LogP contribution in [0.2, 0.25) is 0 Å². The Morgan fingerprint density at radius 1 is 1.35 bits per heavy atom. The van der Waals surface area contributed by atoms with Crippen molar-refractivity contribution in [3.63, 3.8) is 0 Å². The zero-order chi connectivity index (χ0) is 15.4. The van der Waals surface area contributed by atoms with Crippen LogP contribution in [-0.4, -0.2) is 45.9 Å². The van der Waals surface area contributed by atoms with Gasteiger partial charge in [0, 0.05) is 6.04 Å². The molecule has 6 heteroatoms. The van der Waals surface area contributed by atoms with Gasteiger partial charge in [-0.25, -0.2) is 0 Å². The molecule has 0 spiro atoms. The van der Waals surface area contributed by atoms with Crippen LogP contribution in [-0.2, 0) is 14.4 Å². The van der Waals surface area contributed by atoms with E-state index >= 15 is 0 Å². The first kappa shape index (κ1) is 16.6. The molecule has 0 radical (unpaired) electrons. The van der Waals surface area contributed by atoms with Gasteiger partial charge in [-0.05, 0) is 18.8 Å². The molecule has 1 aliphatic rings. The molecule has 1 fully saturated rings. The summed E-state index contributed by atoms with van der Waals surface area (Å²) in [7, 11) is 0. The number of carbonyl (C=O) groups is 3. The molecule has 1 rings (SSSR count). The molecule has 2 unspecified atom stereocenters. The van der Waals surface area contributed by atoms with Crippen LogP contribution in [0, 0.1) is 5.92 Å². The van der Waals surface area contributed by atoms with Gasteiger partial charge in [-0.2, -0.15) is 0 Å². The zero-order valence-corrected chi connectivity index (χ0v) is 12.5. The van der Waals surface area contributed by atoms with Gasteiger partial charge in [0.25, 0.3) is 0 Å². The molecule has 20 heavy (non-hydrogen) atoms. The number of nitrogens with one attached hydrogen (secondary N) is 1. The molecule has 1 aliphatic heterocycles. The Kier molecular flexibility index (Phi) is 5.68. The number of rotatable bonds is 7. The number of imide groups is 1. The van der Waals surface area contributed by atoms with E-state index in [0.717, 1.165) is 0 Å². The maximum atomic E-state index is 12.3. The smallest absolute Gasteiger partial charge is 0.320 e. The van der Waals surface area contributed by atoms with E-state index in [1.807, 2.05) is 13.8 Å². The minimum atomic E-state index is -0.999. The molecule has 2 atom stereocenters. The van der Waals surface area contributed by atoms with E-state index in [1.165, 1.54) is 4.90 Å². The molecule has 0 aliphatic carbocycles. The molecule has 1 heterocycles. The van der Waals surface area contributed by atoms with Gasteiger partial charge in [-0.15, -0.1) is 0 Å². The second-order valence-corrected chi connectivity index (χ2v) is 5.56. The van der Waals surface area contributed by atoms with Crippen molar-refractivity contribution >= 4 is 17.8 Å². The van der Waals surface area contributed by atoms with E-state index in [2.05, 4.69) is 5.32 Å². The Balaban J connectivity index is 2.82. The SMILES string of the molecule is CCC(CC)N1C(=O)CC(NC(C(=O)O)C(C)C)C1=O. The average molecular weight is 284 g/mol. The molecular formula is C14H24N2O4. The van der Waals surface area contributed by atoms with Crippen molar-refractivity contribution in [1.29, 1.82) is 0 Å². The minimum Gasteiger partial charge on any atom is -0.480 e. The predicted octanol–water partition coefficient (Wildman–Crippen LogP) is 1.00. The van der Waals surface area contributed by atoms with E-state index in [0.29, 0.717) is 12.8 Å². The van der Waals surface area contributed by atoms with Gasteiger partial charge in [-0.3, -0.25) is 24.6 Å². The van der Waals surface area contributed by atoms with Crippen molar-refractivity contribution < 1.29 is 19.5 Å². The van der Waals surface area contributed by atoms with Gasteiger partial charge in [0.1, 0.15) is 6.04 Å². The number of aliphatic carboxylic acids is 1. The summed E-state index contributed by atoms with van der Waals surface area (Å²) >= 11 is 0. The van der Waals surface area contributed by atoms with Gasteiger partial charge in [-0.1, -0.05) is 27.7 Å². The number of hydrogen-bond donors (Lipinski definition) is 2. The third-order valence-electron chi connectivity index (χ3n) is 3.80. The number of carboxylic acids is 1. The highest BCUT2D eigenvalue weighted by molar-refractivity contribution is 6.06. The summed E-state index contributed by atoms with van der Waals surface area (Å²) in [5.41, 5.74) is 0. The van der Waals surface area contributed by atoms with Crippen LogP contribution in [0.25, 0.3) is 0 Å². The summed E-state index contributed by atoms with van der Waals surface area (Å²) in [6, 6.07) is -1.63. The molecule has 0 bridgehead atoms. The number of likely N-dealkylation sites (tertiary alicyclic amines) is 1. The maximum absolute atomic E-state index is 12.3. The van der Waals surface area contributed by atoms with Gasteiger partial charge in [0.15, 0.2) is 0 Å². The largest absolute Gasteiger partial charge is 0.480 e. The number of amides is 2. The first-order valence-corrected chi connectivity index (χ1v) is 7.18. The number of carboxylic acid groups (broad SMARTS) is 1. The Morgan fingerprint density at radius 3 is 2.30 bits per heavy atom. The number of nitrogens with zero attached hydrogens (tertiary/aromatic N) is 1. The zero-order valence-electron chi connectivity index (χ0n) is 12.5. The highest BCUT2D eigenvalue weighted by Gasteiger charge is 2.43. The quantitative estimate of drug-likeness (QED) is 0.681. The molecule has 1 saturated heterocycles. The van der Waals surface area contributed by atoms with E-state index in [-0.39, 0.29) is 30.2 Å². The van der Waals surface area contributed by atoms with Crippen LogP contribution in [0.5, 0.6) is 0 Å². The standard InChI is InChI=1S/C14H24N2O4/c1-5-9(6-2)16-11(17)7-10(13(16)18)15-12(8(3)4)14(19)20/h8-10,12,15H,5-7H2,1-4H3,(H,19,20). The van der Waals surface area contributed by atoms with Crippen LogP contribution in [0.3, 0.4) is 0 Å². The minimum absolute atomic E-state index is 0.0475. The maximum Gasteiger partial charge on any atom is 0.320 e. The molecule has 114 valence electrons. The van der Waals surface area contributed by atoms with Gasteiger partial charge in [0.05, 0.1) is 12.5 Å². The fourth-order valence-corrected chi connectivity index (χ4v) is 2.58. The predicted molar refractivity (Wildman–Crippen MR) is 74.0 cm³/mol. The second-order valence-electron chi connectivity index (χ2n) is 5.56. The fourth-order valence-electron chi connectivity index (χ4n) is 2.58. The first-order chi connectivity index (χ1) is 9.33. The van der Waals surface area contributed by atoms with Crippen LogP contribution in [0.15, 0.2) is 0 Å². The van der Waals surface area contributed by atoms with Crippen molar-refractivity contribution in [2.45, 2.75) is 65.1 Å². The van der Waals surface area contributed by atoms with Crippen molar-refractivity contribution in [3.8, 4) is 0 Å². The lowest BCUT2D eigenvalue weighted by Gasteiger charge is -2.25. The Labute approximate surface area is 119 Å². The molecule has 0 saturated carbocycles. The van der Waals surface area contributed by atoms with Crippen molar-refractivity contribution in [2.75, 3.05) is 0 Å². The highest BCUT2D eigenvalue weighted by Crippen LogP contribution is 2.21. The van der Waals surface area contributed by atoms with Crippen molar-refractivity contribution in [1.82, 2.24) is 10.2 Å².